The van der Waals surface area contributed by atoms with E-state index < -0.39 is 0 Å². The Kier molecular flexibility index (Phi) is 4.59. The molecule has 1 amide bonds. The summed E-state index contributed by atoms with van der Waals surface area (Å²) in [6.07, 6.45) is 1.67. The van der Waals surface area contributed by atoms with Crippen LogP contribution in [-0.4, -0.2) is 17.4 Å². The second kappa shape index (κ2) is 6.79. The van der Waals surface area contributed by atoms with Gasteiger partial charge in [-0.2, -0.15) is 22.7 Å². The molecule has 4 heteroatoms. The van der Waals surface area contributed by atoms with Gasteiger partial charge in [-0.05, 0) is 36.3 Å². The predicted molar refractivity (Wildman–Crippen MR) is 93.5 cm³/mol. The van der Waals surface area contributed by atoms with E-state index in [1.165, 1.54) is 5.01 Å². The van der Waals surface area contributed by atoms with Crippen molar-refractivity contribution in [3.8, 4) is 0 Å². The van der Waals surface area contributed by atoms with Crippen LogP contribution in [0.4, 0.5) is 5.69 Å². The van der Waals surface area contributed by atoms with Crippen molar-refractivity contribution in [3.63, 3.8) is 0 Å². The maximum absolute atomic E-state index is 12.8. The molecule has 0 spiro atoms. The number of para-hydroxylation sites is 1. The topological polar surface area (TPSA) is 32.7 Å². The minimum atomic E-state index is -0.185. The second-order valence-corrected chi connectivity index (χ2v) is 5.70. The van der Waals surface area contributed by atoms with E-state index in [-0.39, 0.29) is 11.8 Å². The van der Waals surface area contributed by atoms with E-state index in [0.29, 0.717) is 0 Å². The fraction of sp³-hybridized carbons (Fsp3) is 0.222. The van der Waals surface area contributed by atoms with Crippen molar-refractivity contribution in [1.29, 1.82) is 0 Å². The molecule has 3 rings (SSSR count). The minimum absolute atomic E-state index is 0.0480. The SMILES string of the molecule is O=C1C(CCCS)C(c2ccccc2)=NN1c1ccccc1. The number of rotatable bonds is 5. The summed E-state index contributed by atoms with van der Waals surface area (Å²) in [4.78, 5) is 12.8. The molecular weight excluding hydrogens is 292 g/mol. The molecule has 0 N–H and O–H groups in total. The summed E-state index contributed by atoms with van der Waals surface area (Å²) < 4.78 is 0. The van der Waals surface area contributed by atoms with Gasteiger partial charge in [0.1, 0.15) is 0 Å². The van der Waals surface area contributed by atoms with Gasteiger partial charge < -0.3 is 0 Å². The fourth-order valence-corrected chi connectivity index (χ4v) is 2.85. The Morgan fingerprint density at radius 1 is 1.00 bits per heavy atom. The van der Waals surface area contributed by atoms with Crippen LogP contribution < -0.4 is 5.01 Å². The maximum atomic E-state index is 12.8. The van der Waals surface area contributed by atoms with E-state index in [9.17, 15) is 4.79 Å². The lowest BCUT2D eigenvalue weighted by Gasteiger charge is -2.14. The van der Waals surface area contributed by atoms with Crippen molar-refractivity contribution in [2.24, 2.45) is 11.0 Å². The Morgan fingerprint density at radius 2 is 1.64 bits per heavy atom. The Hall–Kier alpha value is -2.07. The normalized spacial score (nSPS) is 17.7. The van der Waals surface area contributed by atoms with Crippen LogP contribution in [0.1, 0.15) is 18.4 Å². The highest BCUT2D eigenvalue weighted by Gasteiger charge is 2.36. The van der Waals surface area contributed by atoms with Crippen molar-refractivity contribution in [1.82, 2.24) is 0 Å². The van der Waals surface area contributed by atoms with Crippen LogP contribution in [0.2, 0.25) is 0 Å². The number of carbonyl (C=O) groups excluding carboxylic acids is 1. The number of hydrogen-bond donors (Lipinski definition) is 1. The average molecular weight is 310 g/mol. The quantitative estimate of drug-likeness (QED) is 0.838. The van der Waals surface area contributed by atoms with Gasteiger partial charge in [-0.25, -0.2) is 0 Å². The molecule has 1 unspecified atom stereocenters. The lowest BCUT2D eigenvalue weighted by Crippen LogP contribution is -2.27. The zero-order valence-corrected chi connectivity index (χ0v) is 13.1. The van der Waals surface area contributed by atoms with Gasteiger partial charge in [-0.15, -0.1) is 0 Å². The summed E-state index contributed by atoms with van der Waals surface area (Å²) in [5.41, 5.74) is 2.68. The van der Waals surface area contributed by atoms with E-state index >= 15 is 0 Å². The summed E-state index contributed by atoms with van der Waals surface area (Å²) in [5, 5.41) is 6.15. The molecule has 1 atom stereocenters. The smallest absolute Gasteiger partial charge is 0.256 e. The fourth-order valence-electron chi connectivity index (χ4n) is 2.67. The molecule has 0 radical (unpaired) electrons. The summed E-state index contributed by atoms with van der Waals surface area (Å²) >= 11 is 4.27. The van der Waals surface area contributed by atoms with Crippen molar-refractivity contribution >= 4 is 29.9 Å². The first-order chi connectivity index (χ1) is 10.8. The van der Waals surface area contributed by atoms with Crippen LogP contribution in [0.25, 0.3) is 0 Å². The third kappa shape index (κ3) is 2.92. The molecule has 3 nitrogen and oxygen atoms in total. The lowest BCUT2D eigenvalue weighted by molar-refractivity contribution is -0.119. The van der Waals surface area contributed by atoms with Gasteiger partial charge in [0.2, 0.25) is 0 Å². The van der Waals surface area contributed by atoms with Crippen LogP contribution in [0.5, 0.6) is 0 Å². The van der Waals surface area contributed by atoms with Gasteiger partial charge in [0.25, 0.3) is 5.91 Å². The largest absolute Gasteiger partial charge is 0.272 e. The van der Waals surface area contributed by atoms with Crippen LogP contribution in [0.3, 0.4) is 0 Å². The van der Waals surface area contributed by atoms with E-state index in [0.717, 1.165) is 35.6 Å². The molecule has 0 saturated carbocycles. The van der Waals surface area contributed by atoms with E-state index in [1.807, 2.05) is 60.7 Å². The number of hydrogen-bond acceptors (Lipinski definition) is 3. The van der Waals surface area contributed by atoms with Crippen LogP contribution in [0.15, 0.2) is 65.8 Å². The van der Waals surface area contributed by atoms with Crippen molar-refractivity contribution in [2.75, 3.05) is 10.8 Å². The second-order valence-electron chi connectivity index (χ2n) is 5.26. The number of hydrazone groups is 1. The highest BCUT2D eigenvalue weighted by atomic mass is 32.1. The molecule has 0 saturated heterocycles. The van der Waals surface area contributed by atoms with E-state index in [1.54, 1.807) is 0 Å². The summed E-state index contributed by atoms with van der Waals surface area (Å²) in [6, 6.07) is 19.5. The molecule has 1 aliphatic heterocycles. The van der Waals surface area contributed by atoms with E-state index in [4.69, 9.17) is 0 Å². The molecule has 0 bridgehead atoms. The minimum Gasteiger partial charge on any atom is -0.272 e. The van der Waals surface area contributed by atoms with Gasteiger partial charge in [0, 0.05) is 0 Å². The highest BCUT2D eigenvalue weighted by Crippen LogP contribution is 2.29. The number of carbonyl (C=O) groups is 1. The Balaban J connectivity index is 1.97. The standard InChI is InChI=1S/C18H18N2OS/c21-18-16(12-7-13-22)17(14-8-3-1-4-9-14)19-20(18)15-10-5-2-6-11-15/h1-6,8-11,16,22H,7,12-13H2. The number of nitrogens with zero attached hydrogens (tertiary/aromatic N) is 2. The molecule has 22 heavy (non-hydrogen) atoms. The average Bonchev–Trinajstić information content (AvgIpc) is 2.91. The monoisotopic (exact) mass is 310 g/mol. The molecule has 112 valence electrons. The highest BCUT2D eigenvalue weighted by molar-refractivity contribution is 7.80. The lowest BCUT2D eigenvalue weighted by atomic mass is 9.93. The first-order valence-electron chi connectivity index (χ1n) is 7.45. The molecule has 1 aliphatic rings. The number of benzene rings is 2. The third-order valence-corrected chi connectivity index (χ3v) is 4.08. The van der Waals surface area contributed by atoms with Gasteiger partial charge in [0.05, 0.1) is 17.3 Å². The molecule has 2 aromatic rings. The molecule has 0 fully saturated rings. The molecule has 0 aromatic heterocycles. The Morgan fingerprint density at radius 3 is 2.27 bits per heavy atom. The Bertz CT molecular complexity index is 670. The molecule has 2 aromatic carbocycles. The van der Waals surface area contributed by atoms with Gasteiger partial charge in [0.15, 0.2) is 0 Å². The maximum Gasteiger partial charge on any atom is 0.256 e. The van der Waals surface area contributed by atoms with E-state index in [2.05, 4.69) is 17.7 Å². The van der Waals surface area contributed by atoms with Crippen LogP contribution in [0, 0.1) is 5.92 Å². The van der Waals surface area contributed by atoms with Crippen LogP contribution in [-0.2, 0) is 4.79 Å². The number of thiol groups is 1. The third-order valence-electron chi connectivity index (χ3n) is 3.77. The molecule has 1 heterocycles. The summed E-state index contributed by atoms with van der Waals surface area (Å²) in [6.45, 7) is 0. The van der Waals surface area contributed by atoms with Crippen molar-refractivity contribution < 1.29 is 4.79 Å². The van der Waals surface area contributed by atoms with Crippen molar-refractivity contribution in [2.45, 2.75) is 12.8 Å². The Labute approximate surface area is 136 Å². The van der Waals surface area contributed by atoms with Gasteiger partial charge >= 0.3 is 0 Å². The number of amides is 1. The van der Waals surface area contributed by atoms with Crippen LogP contribution >= 0.6 is 12.6 Å². The first kappa shape index (κ1) is 14.9. The zero-order chi connectivity index (χ0) is 15.4. The zero-order valence-electron chi connectivity index (χ0n) is 12.2. The van der Waals surface area contributed by atoms with Gasteiger partial charge in [-0.3, -0.25) is 4.79 Å². The number of anilines is 1. The van der Waals surface area contributed by atoms with Crippen molar-refractivity contribution in [3.05, 3.63) is 66.2 Å². The summed E-state index contributed by atoms with van der Waals surface area (Å²) in [7, 11) is 0. The molecule has 0 aliphatic carbocycles. The van der Waals surface area contributed by atoms with Gasteiger partial charge in [-0.1, -0.05) is 48.5 Å². The first-order valence-corrected chi connectivity index (χ1v) is 8.08. The molecular formula is C18H18N2OS. The predicted octanol–water partition coefficient (Wildman–Crippen LogP) is 3.76. The summed E-state index contributed by atoms with van der Waals surface area (Å²) in [5.74, 6) is 0.638.